The number of benzene rings is 4. The predicted octanol–water partition coefficient (Wildman–Crippen LogP) is 6.96. The third-order valence-electron chi connectivity index (χ3n) is 11.4. The fraction of sp³-hybridized carbons (Fsp3) is 0.327. The fourth-order valence-corrected chi connectivity index (χ4v) is 7.47. The first-order valence-electron chi connectivity index (χ1n) is 24.2. The summed E-state index contributed by atoms with van der Waals surface area (Å²) in [5.74, 6) is -6.27. The maximum atomic E-state index is 13.9. The first-order chi connectivity index (χ1) is 36.1. The summed E-state index contributed by atoms with van der Waals surface area (Å²) in [7, 11) is 2.94. The van der Waals surface area contributed by atoms with E-state index in [9.17, 15) is 43.2 Å². The van der Waals surface area contributed by atoms with Gasteiger partial charge in [0.1, 0.15) is 47.9 Å². The molecule has 4 aromatic carbocycles. The summed E-state index contributed by atoms with van der Waals surface area (Å²) in [6.45, 7) is 3.82. The summed E-state index contributed by atoms with van der Waals surface area (Å²) in [6, 6.07) is 28.4. The van der Waals surface area contributed by atoms with Crippen LogP contribution in [0.25, 0.3) is 11.3 Å². The monoisotopic (exact) mass is 1030 g/mol. The summed E-state index contributed by atoms with van der Waals surface area (Å²) >= 11 is 0. The van der Waals surface area contributed by atoms with Crippen LogP contribution in [-0.2, 0) is 51.5 Å². The Morgan fingerprint density at radius 2 is 1.39 bits per heavy atom. The van der Waals surface area contributed by atoms with E-state index >= 15 is 0 Å². The molecule has 20 heteroatoms. The van der Waals surface area contributed by atoms with Crippen LogP contribution in [0.3, 0.4) is 0 Å². The quantitative estimate of drug-likeness (QED) is 0.0150. The van der Waals surface area contributed by atoms with E-state index < -0.39 is 72.1 Å². The molecular weight excluding hydrogens is 971 g/mol. The highest BCUT2D eigenvalue weighted by molar-refractivity contribution is 6.01. The lowest BCUT2D eigenvalue weighted by Crippen LogP contribution is -2.49. The van der Waals surface area contributed by atoms with E-state index in [1.807, 2.05) is 13.0 Å². The van der Waals surface area contributed by atoms with E-state index in [0.717, 1.165) is 23.5 Å². The molecule has 0 fully saturated rings. The van der Waals surface area contributed by atoms with Crippen molar-refractivity contribution in [3.05, 3.63) is 143 Å². The van der Waals surface area contributed by atoms with Crippen molar-refractivity contribution in [3.8, 4) is 22.8 Å². The van der Waals surface area contributed by atoms with Gasteiger partial charge < -0.3 is 49.1 Å². The van der Waals surface area contributed by atoms with Gasteiger partial charge in [0.2, 0.25) is 12.3 Å². The fourth-order valence-electron chi connectivity index (χ4n) is 7.47. The van der Waals surface area contributed by atoms with E-state index in [0.29, 0.717) is 30.4 Å². The molecule has 0 aliphatic rings. The Labute approximate surface area is 433 Å². The number of ketones is 1. The third-order valence-corrected chi connectivity index (χ3v) is 11.4. The molecule has 0 radical (unpaired) electrons. The standard InChI is InChI=1S/C55H61N5O15/c1-6-8-11-22-40(44(7-2)60(35-61)75-53(67)42-23-16-17-24-46(42)74-55(69)59(4)5)50(64)56-34-57-52(66)47-28-27-45(73-47)39-25-26-41(48(30-39)70-33-49(63)71-31-37-18-12-9-13-19-37)51(65)58-43(29-36(3)62)54(68)72-32-38-20-14-10-15-21-38/h9-10,12-21,23-28,30,35,40,43-44H,6-8,11,22,29,31-34H2,1-5H3,(H,56,64)(H,57,66)(H,58,65)/t40-,43+,44-/m1/s1. The lowest BCUT2D eigenvalue weighted by Gasteiger charge is -2.32. The number of hydroxylamine groups is 2. The van der Waals surface area contributed by atoms with E-state index in [4.69, 9.17) is 28.2 Å². The van der Waals surface area contributed by atoms with Crippen molar-refractivity contribution in [2.75, 3.05) is 27.4 Å². The minimum atomic E-state index is -1.37. The van der Waals surface area contributed by atoms with E-state index in [1.54, 1.807) is 67.6 Å². The van der Waals surface area contributed by atoms with Crippen molar-refractivity contribution in [1.82, 2.24) is 25.9 Å². The van der Waals surface area contributed by atoms with E-state index in [-0.39, 0.29) is 66.9 Å². The molecule has 5 rings (SSSR count). The number of nitrogens with one attached hydrogen (secondary N) is 3. The molecule has 0 bridgehead atoms. The molecule has 0 saturated carbocycles. The third kappa shape index (κ3) is 17.4. The molecule has 3 N–H and O–H groups in total. The summed E-state index contributed by atoms with van der Waals surface area (Å²) in [5, 5.41) is 8.59. The van der Waals surface area contributed by atoms with Gasteiger partial charge in [-0.2, -0.15) is 5.06 Å². The van der Waals surface area contributed by atoms with Crippen LogP contribution in [0.2, 0.25) is 0 Å². The number of rotatable bonds is 28. The second-order valence-corrected chi connectivity index (χ2v) is 17.2. The number of esters is 2. The zero-order valence-corrected chi connectivity index (χ0v) is 42.4. The van der Waals surface area contributed by atoms with Crippen LogP contribution in [0.5, 0.6) is 11.5 Å². The SMILES string of the molecule is CCCCC[C@@H](C(=O)NCNC(=O)c1ccc(-c2ccc(C(=O)N[C@@H](CC(C)=O)C(=O)OCc3ccccc3)c(OCC(=O)OCc3ccccc3)c2)o1)[C@@H](CC)N(C=O)OC(=O)c1ccccc1OC(=O)N(C)C. The van der Waals surface area contributed by atoms with Crippen molar-refractivity contribution >= 4 is 53.9 Å². The average molecular weight is 1030 g/mol. The van der Waals surface area contributed by atoms with Crippen LogP contribution < -0.4 is 25.4 Å². The molecule has 3 atom stereocenters. The Morgan fingerprint density at radius 1 is 0.720 bits per heavy atom. The summed E-state index contributed by atoms with van der Waals surface area (Å²) in [4.78, 5) is 124. The highest BCUT2D eigenvalue weighted by Crippen LogP contribution is 2.30. The van der Waals surface area contributed by atoms with Crippen LogP contribution >= 0.6 is 0 Å². The number of carbonyl (C=O) groups excluding carboxylic acids is 9. The number of amides is 5. The Morgan fingerprint density at radius 3 is 2.03 bits per heavy atom. The van der Waals surface area contributed by atoms with Crippen molar-refractivity contribution < 1.29 is 71.4 Å². The molecule has 75 heavy (non-hydrogen) atoms. The van der Waals surface area contributed by atoms with Crippen LogP contribution in [0, 0.1) is 5.92 Å². The summed E-state index contributed by atoms with van der Waals surface area (Å²) < 4.78 is 27.8. The largest absolute Gasteiger partial charge is 0.481 e. The van der Waals surface area contributed by atoms with Gasteiger partial charge in [0, 0.05) is 26.1 Å². The molecule has 20 nitrogen and oxygen atoms in total. The molecule has 0 saturated heterocycles. The lowest BCUT2D eigenvalue weighted by atomic mass is 9.90. The molecule has 5 aromatic rings. The number of para-hydroxylation sites is 1. The number of hydrogen-bond acceptors (Lipinski definition) is 15. The minimum Gasteiger partial charge on any atom is -0.481 e. The molecule has 1 aromatic heterocycles. The summed E-state index contributed by atoms with van der Waals surface area (Å²) in [6.07, 6.45) is 1.86. The molecule has 0 spiro atoms. The van der Waals surface area contributed by atoms with Gasteiger partial charge in [0.25, 0.3) is 11.8 Å². The predicted molar refractivity (Wildman–Crippen MR) is 270 cm³/mol. The van der Waals surface area contributed by atoms with Crippen LogP contribution in [0.4, 0.5) is 4.79 Å². The van der Waals surface area contributed by atoms with Gasteiger partial charge in [-0.05, 0) is 67.3 Å². The van der Waals surface area contributed by atoms with Crippen LogP contribution in [0.15, 0.2) is 120 Å². The molecule has 396 valence electrons. The van der Waals surface area contributed by atoms with Crippen molar-refractivity contribution in [3.63, 3.8) is 0 Å². The van der Waals surface area contributed by atoms with Crippen molar-refractivity contribution in [2.24, 2.45) is 5.92 Å². The normalized spacial score (nSPS) is 11.9. The maximum Gasteiger partial charge on any atom is 0.414 e. The van der Waals surface area contributed by atoms with Crippen LogP contribution in [0.1, 0.15) is 102 Å². The van der Waals surface area contributed by atoms with Gasteiger partial charge in [-0.25, -0.2) is 19.2 Å². The second-order valence-electron chi connectivity index (χ2n) is 17.2. The average Bonchev–Trinajstić information content (AvgIpc) is 3.91. The number of carbonyl (C=O) groups is 9. The van der Waals surface area contributed by atoms with Gasteiger partial charge in [0.15, 0.2) is 12.4 Å². The number of ether oxygens (including phenoxy) is 4. The maximum absolute atomic E-state index is 13.9. The lowest BCUT2D eigenvalue weighted by molar-refractivity contribution is -0.171. The number of furan rings is 1. The molecule has 0 aliphatic carbocycles. The van der Waals surface area contributed by atoms with Gasteiger partial charge in [-0.15, -0.1) is 0 Å². The molecule has 5 amide bonds. The van der Waals surface area contributed by atoms with Crippen LogP contribution in [-0.4, -0.2) is 103 Å². The Kier molecular flexibility index (Phi) is 22.1. The molecule has 0 aliphatic heterocycles. The number of unbranched alkanes of at least 4 members (excludes halogenated alkanes) is 2. The van der Waals surface area contributed by atoms with E-state index in [1.165, 1.54) is 74.4 Å². The highest BCUT2D eigenvalue weighted by atomic mass is 16.7. The molecular formula is C55H61N5O15. The number of Topliss-reactive ketones (excluding diaryl/α,β-unsaturated/α-hetero) is 1. The van der Waals surface area contributed by atoms with Gasteiger partial charge in [0.05, 0.1) is 24.2 Å². The zero-order valence-electron chi connectivity index (χ0n) is 42.4. The second kappa shape index (κ2) is 29.0. The van der Waals surface area contributed by atoms with Crippen molar-refractivity contribution in [1.29, 1.82) is 0 Å². The highest BCUT2D eigenvalue weighted by Gasteiger charge is 2.34. The first kappa shape index (κ1) is 57.1. The summed E-state index contributed by atoms with van der Waals surface area (Å²) in [5.41, 5.74) is 1.46. The molecule has 0 unspecified atom stereocenters. The van der Waals surface area contributed by atoms with Gasteiger partial charge in [-0.3, -0.25) is 24.0 Å². The molecule has 1 heterocycles. The van der Waals surface area contributed by atoms with E-state index in [2.05, 4.69) is 16.0 Å². The Balaban J connectivity index is 1.28. The Bertz CT molecular complexity index is 2760. The Hall–Kier alpha value is -8.81. The minimum absolute atomic E-state index is 0.0421. The van der Waals surface area contributed by atoms with Crippen molar-refractivity contribution in [2.45, 2.75) is 84.6 Å². The number of hydrogen-bond donors (Lipinski definition) is 3. The van der Waals surface area contributed by atoms with Gasteiger partial charge >= 0.3 is 24.0 Å². The smallest absolute Gasteiger partial charge is 0.414 e. The number of nitrogens with zero attached hydrogens (tertiary/aromatic N) is 2. The first-order valence-corrected chi connectivity index (χ1v) is 24.2. The zero-order chi connectivity index (χ0) is 54.3. The topological polar surface area (TPSA) is 255 Å². The van der Waals surface area contributed by atoms with Gasteiger partial charge in [-0.1, -0.05) is 112 Å².